The van der Waals surface area contributed by atoms with E-state index >= 15 is 0 Å². The van der Waals surface area contributed by atoms with Crippen molar-refractivity contribution < 1.29 is 0 Å². The van der Waals surface area contributed by atoms with Gasteiger partial charge in [-0.3, -0.25) is 0 Å². The molecule has 3 aromatic rings. The second-order valence-corrected chi connectivity index (χ2v) is 11.2. The predicted octanol–water partition coefficient (Wildman–Crippen LogP) is 7.97. The van der Waals surface area contributed by atoms with Crippen LogP contribution in [0.15, 0.2) is 91.0 Å². The molecule has 0 N–H and O–H groups in total. The van der Waals surface area contributed by atoms with E-state index in [1.54, 1.807) is 16.7 Å². The van der Waals surface area contributed by atoms with E-state index in [0.29, 0.717) is 5.41 Å². The predicted molar refractivity (Wildman–Crippen MR) is 129 cm³/mol. The first-order chi connectivity index (χ1) is 15.1. The van der Waals surface area contributed by atoms with Crippen molar-refractivity contribution in [1.29, 1.82) is 0 Å². The first-order valence-corrected chi connectivity index (χ1v) is 12.3. The molecule has 0 unspecified atom stereocenters. The monoisotopic (exact) mass is 406 g/mol. The molecule has 0 saturated heterocycles. The summed E-state index contributed by atoms with van der Waals surface area (Å²) in [6.07, 6.45) is 10.7. The van der Waals surface area contributed by atoms with Crippen molar-refractivity contribution in [3.8, 4) is 0 Å². The van der Waals surface area contributed by atoms with Crippen molar-refractivity contribution in [2.45, 2.75) is 74.5 Å². The van der Waals surface area contributed by atoms with Gasteiger partial charge in [-0.25, -0.2) is 0 Å². The minimum Gasteiger partial charge on any atom is -0.0654 e. The molecular weight excluding hydrogens is 372 g/mol. The summed E-state index contributed by atoms with van der Waals surface area (Å²) >= 11 is 0. The van der Waals surface area contributed by atoms with Gasteiger partial charge in [0, 0.05) is 0 Å². The molecule has 4 saturated carbocycles. The van der Waals surface area contributed by atoms with Gasteiger partial charge in [-0.05, 0) is 83.3 Å². The molecule has 0 amide bonds. The number of hydrogen-bond donors (Lipinski definition) is 0. The average molecular weight is 407 g/mol. The summed E-state index contributed by atoms with van der Waals surface area (Å²) in [7, 11) is 0. The van der Waals surface area contributed by atoms with Crippen LogP contribution in [0.5, 0.6) is 0 Å². The van der Waals surface area contributed by atoms with E-state index in [1.807, 2.05) is 0 Å². The topological polar surface area (TPSA) is 0 Å². The summed E-state index contributed by atoms with van der Waals surface area (Å²) in [5.74, 6) is 0. The Morgan fingerprint density at radius 3 is 1.10 bits per heavy atom. The molecule has 0 heteroatoms. The molecule has 4 aliphatic carbocycles. The summed E-state index contributed by atoms with van der Waals surface area (Å²) in [6.45, 7) is 2.40. The van der Waals surface area contributed by atoms with Crippen molar-refractivity contribution in [3.63, 3.8) is 0 Å². The second kappa shape index (κ2) is 6.83. The molecule has 3 aromatic carbocycles. The SMILES string of the molecule is CCCC12CC3(c4ccccc4)CC(c4ccccc4)(C1)CC(c1ccccc1)(C2)C3. The van der Waals surface area contributed by atoms with E-state index < -0.39 is 0 Å². The summed E-state index contributed by atoms with van der Waals surface area (Å²) in [5, 5.41) is 0. The zero-order valence-corrected chi connectivity index (χ0v) is 18.8. The van der Waals surface area contributed by atoms with E-state index in [4.69, 9.17) is 0 Å². The zero-order valence-electron chi connectivity index (χ0n) is 18.8. The van der Waals surface area contributed by atoms with Crippen LogP contribution in [0.25, 0.3) is 0 Å². The summed E-state index contributed by atoms with van der Waals surface area (Å²) in [6, 6.07) is 34.8. The van der Waals surface area contributed by atoms with E-state index in [1.165, 1.54) is 51.4 Å². The Hall–Kier alpha value is -2.34. The van der Waals surface area contributed by atoms with Crippen LogP contribution >= 0.6 is 0 Å². The lowest BCUT2D eigenvalue weighted by Crippen LogP contribution is -2.65. The molecule has 31 heavy (non-hydrogen) atoms. The molecule has 4 aliphatic rings. The van der Waals surface area contributed by atoms with Crippen molar-refractivity contribution >= 4 is 0 Å². The number of hydrogen-bond acceptors (Lipinski definition) is 0. The Labute approximate surface area is 187 Å². The van der Waals surface area contributed by atoms with Crippen LogP contribution in [0.2, 0.25) is 0 Å². The maximum Gasteiger partial charge on any atom is -0.00247 e. The maximum absolute atomic E-state index is 2.43. The number of rotatable bonds is 5. The molecule has 0 heterocycles. The van der Waals surface area contributed by atoms with Crippen molar-refractivity contribution in [2.75, 3.05) is 0 Å². The van der Waals surface area contributed by atoms with Crippen LogP contribution < -0.4 is 0 Å². The molecule has 4 fully saturated rings. The van der Waals surface area contributed by atoms with E-state index in [-0.39, 0.29) is 16.2 Å². The molecule has 158 valence electrons. The lowest BCUT2D eigenvalue weighted by molar-refractivity contribution is -0.111. The van der Waals surface area contributed by atoms with Crippen LogP contribution in [-0.4, -0.2) is 0 Å². The third-order valence-corrected chi connectivity index (χ3v) is 9.11. The molecule has 7 rings (SSSR count). The third kappa shape index (κ3) is 2.87. The van der Waals surface area contributed by atoms with Crippen LogP contribution in [0.4, 0.5) is 0 Å². The molecule has 0 spiro atoms. The van der Waals surface area contributed by atoms with Gasteiger partial charge in [-0.2, -0.15) is 0 Å². The molecular formula is C31H34. The van der Waals surface area contributed by atoms with Gasteiger partial charge in [-0.1, -0.05) is 104 Å². The Morgan fingerprint density at radius 1 is 0.484 bits per heavy atom. The Balaban J connectivity index is 1.61. The largest absolute Gasteiger partial charge is 0.0654 e. The Kier molecular flexibility index (Phi) is 4.26. The third-order valence-electron chi connectivity index (χ3n) is 9.11. The van der Waals surface area contributed by atoms with E-state index in [2.05, 4.69) is 97.9 Å². The van der Waals surface area contributed by atoms with Crippen LogP contribution in [0, 0.1) is 5.41 Å². The number of benzene rings is 3. The highest BCUT2D eigenvalue weighted by molar-refractivity contribution is 5.45. The van der Waals surface area contributed by atoms with Crippen molar-refractivity contribution in [2.24, 2.45) is 5.41 Å². The highest BCUT2D eigenvalue weighted by Crippen LogP contribution is 2.75. The maximum atomic E-state index is 2.43. The highest BCUT2D eigenvalue weighted by atomic mass is 14.7. The molecule has 4 bridgehead atoms. The normalized spacial score (nSPS) is 35.9. The lowest BCUT2D eigenvalue weighted by Gasteiger charge is -2.71. The van der Waals surface area contributed by atoms with Gasteiger partial charge in [0.2, 0.25) is 0 Å². The first kappa shape index (κ1) is 19.4. The minimum absolute atomic E-state index is 0.289. The summed E-state index contributed by atoms with van der Waals surface area (Å²) < 4.78 is 0. The Morgan fingerprint density at radius 2 is 0.806 bits per heavy atom. The van der Waals surface area contributed by atoms with Crippen LogP contribution in [-0.2, 0) is 16.2 Å². The van der Waals surface area contributed by atoms with Gasteiger partial charge in [0.15, 0.2) is 0 Å². The smallest absolute Gasteiger partial charge is 0.00247 e. The van der Waals surface area contributed by atoms with Gasteiger partial charge in [0.05, 0.1) is 0 Å². The highest BCUT2D eigenvalue weighted by Gasteiger charge is 2.68. The molecule has 0 aromatic heterocycles. The first-order valence-electron chi connectivity index (χ1n) is 12.3. The standard InChI is InChI=1S/C31H34/c1-2-18-28-19-29(25-12-6-3-7-13-25)22-30(20-28,26-14-8-4-9-15-26)24-31(21-28,23-29)27-16-10-5-11-17-27/h3-17H,2,18-24H2,1H3. The summed E-state index contributed by atoms with van der Waals surface area (Å²) in [5.41, 5.74) is 6.09. The average Bonchev–Trinajstić information content (AvgIpc) is 2.80. The van der Waals surface area contributed by atoms with Gasteiger partial charge >= 0.3 is 0 Å². The van der Waals surface area contributed by atoms with Gasteiger partial charge in [0.25, 0.3) is 0 Å². The minimum atomic E-state index is 0.289. The van der Waals surface area contributed by atoms with Gasteiger partial charge in [0.1, 0.15) is 0 Å². The fourth-order valence-corrected chi connectivity index (χ4v) is 8.94. The summed E-state index contributed by atoms with van der Waals surface area (Å²) in [4.78, 5) is 0. The fraction of sp³-hybridized carbons (Fsp3) is 0.419. The molecule has 0 aliphatic heterocycles. The van der Waals surface area contributed by atoms with Crippen molar-refractivity contribution in [3.05, 3.63) is 108 Å². The zero-order chi connectivity index (χ0) is 21.0. The van der Waals surface area contributed by atoms with Crippen LogP contribution in [0.3, 0.4) is 0 Å². The van der Waals surface area contributed by atoms with Crippen molar-refractivity contribution in [1.82, 2.24) is 0 Å². The Bertz CT molecular complexity index is 906. The lowest BCUT2D eigenvalue weighted by atomic mass is 9.32. The second-order valence-electron chi connectivity index (χ2n) is 11.2. The van der Waals surface area contributed by atoms with E-state index in [9.17, 15) is 0 Å². The van der Waals surface area contributed by atoms with Gasteiger partial charge in [-0.15, -0.1) is 0 Å². The molecule has 0 nitrogen and oxygen atoms in total. The quantitative estimate of drug-likeness (QED) is 0.403. The van der Waals surface area contributed by atoms with E-state index in [0.717, 1.165) is 0 Å². The van der Waals surface area contributed by atoms with Gasteiger partial charge < -0.3 is 0 Å². The molecule has 0 atom stereocenters. The fourth-order valence-electron chi connectivity index (χ4n) is 8.94. The molecule has 0 radical (unpaired) electrons. The van der Waals surface area contributed by atoms with Crippen LogP contribution in [0.1, 0.15) is 75.0 Å².